The number of hydrogen-bond donors (Lipinski definition) is 3. The molecule has 7 heteroatoms. The number of hydrogen-bond acceptors (Lipinski definition) is 5. The average Bonchev–Trinajstić information content (AvgIpc) is 2.43. The van der Waals surface area contributed by atoms with E-state index in [1.165, 1.54) is 5.48 Å². The Balaban J connectivity index is 2.08. The molecular weight excluding hydrogens is 250 g/mol. The molecule has 0 aromatic heterocycles. The fourth-order valence-corrected chi connectivity index (χ4v) is 1.86. The summed E-state index contributed by atoms with van der Waals surface area (Å²) in [6.45, 7) is -0.196. The van der Waals surface area contributed by atoms with Crippen molar-refractivity contribution in [3.05, 3.63) is 35.7 Å². The molecule has 0 unspecified atom stereocenters. The molecule has 2 rings (SSSR count). The molecule has 0 aromatic rings. The highest BCUT2D eigenvalue weighted by Crippen LogP contribution is 2.23. The van der Waals surface area contributed by atoms with Crippen LogP contribution in [0, 0.1) is 0 Å². The quantitative estimate of drug-likeness (QED) is 0.458. The van der Waals surface area contributed by atoms with Gasteiger partial charge in [0.2, 0.25) is 0 Å². The van der Waals surface area contributed by atoms with Crippen LogP contribution in [0.2, 0.25) is 0 Å². The highest BCUT2D eigenvalue weighted by atomic mass is 16.5. The normalized spacial score (nSPS) is 17.3. The number of amides is 2. The van der Waals surface area contributed by atoms with Crippen LogP contribution in [-0.4, -0.2) is 40.8 Å². The molecule has 3 N–H and O–H groups in total. The van der Waals surface area contributed by atoms with Gasteiger partial charge in [0, 0.05) is 12.1 Å². The van der Waals surface area contributed by atoms with Crippen molar-refractivity contribution in [3.8, 4) is 0 Å². The maximum Gasteiger partial charge on any atom is 0.268 e. The average molecular weight is 263 g/mol. The molecule has 0 aromatic carbocycles. The summed E-state index contributed by atoms with van der Waals surface area (Å²) >= 11 is 0. The monoisotopic (exact) mass is 263 g/mol. The summed E-state index contributed by atoms with van der Waals surface area (Å²) in [4.78, 5) is 35.8. The minimum absolute atomic E-state index is 0.0193. The van der Waals surface area contributed by atoms with Gasteiger partial charge in [-0.05, 0) is 12.2 Å². The largest absolute Gasteiger partial charge is 0.342 e. The number of hydroxylamine groups is 1. The van der Waals surface area contributed by atoms with Crippen molar-refractivity contribution in [3.63, 3.8) is 0 Å². The minimum Gasteiger partial charge on any atom is -0.342 e. The molecular formula is C12H13N3O4. The lowest BCUT2D eigenvalue weighted by atomic mass is 10.1. The van der Waals surface area contributed by atoms with Gasteiger partial charge in [-0.15, -0.1) is 0 Å². The van der Waals surface area contributed by atoms with Gasteiger partial charge in [0.15, 0.2) is 5.78 Å². The summed E-state index contributed by atoms with van der Waals surface area (Å²) in [6.07, 6.45) is 7.20. The van der Waals surface area contributed by atoms with Crippen molar-refractivity contribution >= 4 is 17.6 Å². The molecule has 0 radical (unpaired) electrons. The first-order valence-corrected chi connectivity index (χ1v) is 5.70. The Morgan fingerprint density at radius 2 is 2.21 bits per heavy atom. The van der Waals surface area contributed by atoms with Crippen molar-refractivity contribution in [2.24, 2.45) is 0 Å². The summed E-state index contributed by atoms with van der Waals surface area (Å²) in [7, 11) is 0. The van der Waals surface area contributed by atoms with Gasteiger partial charge >= 0.3 is 0 Å². The zero-order valence-electron chi connectivity index (χ0n) is 10.0. The molecule has 19 heavy (non-hydrogen) atoms. The van der Waals surface area contributed by atoms with Gasteiger partial charge in [-0.1, -0.05) is 12.2 Å². The van der Waals surface area contributed by atoms with Crippen molar-refractivity contribution in [2.75, 3.05) is 13.1 Å². The number of rotatable bonds is 3. The molecule has 0 bridgehead atoms. The SMILES string of the molecule is O=C1CC=C2C=CC=C(C(=O)NCC(=O)NO)N2C1. The molecule has 2 heterocycles. The number of allylic oxidation sites excluding steroid dienone is 4. The number of nitrogens with one attached hydrogen (secondary N) is 2. The van der Waals surface area contributed by atoms with Crippen LogP contribution in [0.3, 0.4) is 0 Å². The first-order valence-electron chi connectivity index (χ1n) is 5.70. The lowest BCUT2D eigenvalue weighted by molar-refractivity contribution is -0.130. The van der Waals surface area contributed by atoms with Gasteiger partial charge in [-0.2, -0.15) is 0 Å². The zero-order chi connectivity index (χ0) is 13.8. The number of carbonyl (C=O) groups excluding carboxylic acids is 3. The first-order chi connectivity index (χ1) is 9.11. The molecule has 2 amide bonds. The standard InChI is InChI=1S/C12H13N3O4/c16-9-5-4-8-2-1-3-10(15(8)7-9)12(18)13-6-11(17)14-19/h1-4,19H,5-7H2,(H,13,18)(H,14,17). The molecule has 0 spiro atoms. The zero-order valence-corrected chi connectivity index (χ0v) is 10.0. The van der Waals surface area contributed by atoms with Crippen LogP contribution in [-0.2, 0) is 14.4 Å². The van der Waals surface area contributed by atoms with E-state index in [4.69, 9.17) is 5.21 Å². The molecule has 2 aliphatic rings. The fraction of sp³-hybridized carbons (Fsp3) is 0.250. The Morgan fingerprint density at radius 3 is 2.95 bits per heavy atom. The van der Waals surface area contributed by atoms with E-state index in [-0.39, 0.29) is 18.9 Å². The Bertz CT molecular complexity index is 519. The van der Waals surface area contributed by atoms with Crippen LogP contribution in [0.5, 0.6) is 0 Å². The van der Waals surface area contributed by atoms with Gasteiger partial charge < -0.3 is 10.2 Å². The number of Topliss-reactive ketones (excluding diaryl/α,β-unsaturated/α-hetero) is 1. The predicted molar refractivity (Wildman–Crippen MR) is 64.6 cm³/mol. The molecule has 0 saturated carbocycles. The molecule has 2 aliphatic heterocycles. The third-order valence-corrected chi connectivity index (χ3v) is 2.76. The Labute approximate surface area is 109 Å². The van der Waals surface area contributed by atoms with E-state index in [9.17, 15) is 14.4 Å². The van der Waals surface area contributed by atoms with E-state index < -0.39 is 11.8 Å². The van der Waals surface area contributed by atoms with E-state index in [2.05, 4.69) is 5.32 Å². The van der Waals surface area contributed by atoms with E-state index in [1.807, 2.05) is 6.08 Å². The van der Waals surface area contributed by atoms with E-state index >= 15 is 0 Å². The predicted octanol–water partition coefficient (Wildman–Crippen LogP) is -0.780. The van der Waals surface area contributed by atoms with Crippen molar-refractivity contribution in [1.82, 2.24) is 15.7 Å². The fourth-order valence-electron chi connectivity index (χ4n) is 1.86. The third-order valence-electron chi connectivity index (χ3n) is 2.76. The van der Waals surface area contributed by atoms with Crippen LogP contribution in [0.4, 0.5) is 0 Å². The van der Waals surface area contributed by atoms with E-state index in [0.29, 0.717) is 12.1 Å². The topological polar surface area (TPSA) is 98.7 Å². The summed E-state index contributed by atoms with van der Waals surface area (Å²) < 4.78 is 0. The summed E-state index contributed by atoms with van der Waals surface area (Å²) in [5.41, 5.74) is 2.51. The molecule has 100 valence electrons. The second-order valence-corrected chi connectivity index (χ2v) is 4.09. The Morgan fingerprint density at radius 1 is 1.42 bits per heavy atom. The Kier molecular flexibility index (Phi) is 3.76. The van der Waals surface area contributed by atoms with Gasteiger partial charge in [-0.25, -0.2) is 5.48 Å². The van der Waals surface area contributed by atoms with E-state index in [1.54, 1.807) is 23.1 Å². The summed E-state index contributed by atoms with van der Waals surface area (Å²) in [5.74, 6) is -1.18. The molecule has 0 saturated heterocycles. The van der Waals surface area contributed by atoms with Crippen LogP contribution in [0.15, 0.2) is 35.7 Å². The van der Waals surface area contributed by atoms with Gasteiger partial charge in [-0.3, -0.25) is 19.6 Å². The van der Waals surface area contributed by atoms with Crippen LogP contribution >= 0.6 is 0 Å². The third kappa shape index (κ3) is 2.89. The second-order valence-electron chi connectivity index (χ2n) is 4.09. The van der Waals surface area contributed by atoms with Crippen LogP contribution in [0.1, 0.15) is 6.42 Å². The first kappa shape index (κ1) is 13.0. The van der Waals surface area contributed by atoms with Crippen molar-refractivity contribution in [1.29, 1.82) is 0 Å². The minimum atomic E-state index is -0.717. The number of carbonyl (C=O) groups is 3. The lowest BCUT2D eigenvalue weighted by Crippen LogP contribution is -2.42. The van der Waals surface area contributed by atoms with Gasteiger partial charge in [0.25, 0.3) is 11.8 Å². The summed E-state index contributed by atoms with van der Waals surface area (Å²) in [6, 6.07) is 0. The van der Waals surface area contributed by atoms with Crippen molar-refractivity contribution < 1.29 is 19.6 Å². The molecule has 7 nitrogen and oxygen atoms in total. The van der Waals surface area contributed by atoms with Gasteiger partial charge in [0.1, 0.15) is 5.70 Å². The smallest absolute Gasteiger partial charge is 0.268 e. The highest BCUT2D eigenvalue weighted by molar-refractivity contribution is 5.97. The number of nitrogens with zero attached hydrogens (tertiary/aromatic N) is 1. The molecule has 0 aliphatic carbocycles. The number of ketones is 1. The highest BCUT2D eigenvalue weighted by Gasteiger charge is 2.26. The van der Waals surface area contributed by atoms with E-state index in [0.717, 1.165) is 5.70 Å². The Hall–Kier alpha value is -2.41. The molecule has 0 fully saturated rings. The molecule has 0 atom stereocenters. The van der Waals surface area contributed by atoms with Crippen molar-refractivity contribution in [2.45, 2.75) is 6.42 Å². The van der Waals surface area contributed by atoms with Crippen LogP contribution in [0.25, 0.3) is 0 Å². The van der Waals surface area contributed by atoms with Gasteiger partial charge in [0.05, 0.1) is 13.1 Å². The summed E-state index contributed by atoms with van der Waals surface area (Å²) in [5, 5.41) is 10.7. The van der Waals surface area contributed by atoms with Crippen LogP contribution < -0.4 is 10.8 Å². The maximum atomic E-state index is 11.9. The second kappa shape index (κ2) is 5.49. The lowest BCUT2D eigenvalue weighted by Gasteiger charge is -2.31. The number of fused-ring (bicyclic) bond motifs is 1. The maximum absolute atomic E-state index is 11.9.